The number of carboxylic acids is 1. The van der Waals surface area contributed by atoms with E-state index in [1.54, 1.807) is 6.07 Å². The van der Waals surface area contributed by atoms with E-state index in [4.69, 9.17) is 4.74 Å². The second kappa shape index (κ2) is 9.75. The molecule has 1 aromatic rings. The molecular formula is C27H40O3. The Kier molecular flexibility index (Phi) is 7.05. The van der Waals surface area contributed by atoms with Gasteiger partial charge in [-0.15, -0.1) is 0 Å². The predicted octanol–water partition coefficient (Wildman–Crippen LogP) is 7.37. The summed E-state index contributed by atoms with van der Waals surface area (Å²) in [5.41, 5.74) is 1.79. The van der Waals surface area contributed by atoms with Gasteiger partial charge >= 0.3 is 5.97 Å². The van der Waals surface area contributed by atoms with Crippen molar-refractivity contribution in [2.45, 2.75) is 102 Å². The monoisotopic (exact) mass is 412 g/mol. The first-order valence-electron chi connectivity index (χ1n) is 12.6. The summed E-state index contributed by atoms with van der Waals surface area (Å²) < 4.78 is 6.31. The van der Waals surface area contributed by atoms with Crippen LogP contribution in [0.2, 0.25) is 0 Å². The standard InChI is InChI=1S/C27H40O3/c1-2-3-4-5-6-7-8-9-12-30-25-11-10-23(26(28)29)16-24(25)27-17-20-13-21(18-27)15-22(14-20)19-27/h10-11,16,20-22H,2-9,12-15,17-19H2,1H3,(H,28,29). The summed E-state index contributed by atoms with van der Waals surface area (Å²) >= 11 is 0. The Hall–Kier alpha value is -1.51. The van der Waals surface area contributed by atoms with Gasteiger partial charge < -0.3 is 9.84 Å². The van der Waals surface area contributed by atoms with Crippen LogP contribution in [0.15, 0.2) is 18.2 Å². The zero-order valence-corrected chi connectivity index (χ0v) is 18.8. The van der Waals surface area contributed by atoms with Crippen LogP contribution in [0.4, 0.5) is 0 Å². The smallest absolute Gasteiger partial charge is 0.335 e. The van der Waals surface area contributed by atoms with Gasteiger partial charge in [0.1, 0.15) is 5.75 Å². The maximum absolute atomic E-state index is 11.7. The molecule has 4 aliphatic rings. The SMILES string of the molecule is CCCCCCCCCCOc1ccc(C(=O)O)cc1C12CC3CC(CC(C3)C1)C2. The average Bonchev–Trinajstić information content (AvgIpc) is 2.71. The van der Waals surface area contributed by atoms with Gasteiger partial charge in [-0.25, -0.2) is 4.79 Å². The van der Waals surface area contributed by atoms with Crippen molar-refractivity contribution in [1.29, 1.82) is 0 Å². The Morgan fingerprint density at radius 1 is 0.933 bits per heavy atom. The molecule has 5 rings (SSSR count). The van der Waals surface area contributed by atoms with Gasteiger partial charge in [0.25, 0.3) is 0 Å². The summed E-state index contributed by atoms with van der Waals surface area (Å²) in [6.07, 6.45) is 18.2. The molecule has 1 aromatic carbocycles. The molecule has 30 heavy (non-hydrogen) atoms. The molecule has 0 aliphatic heterocycles. The number of carbonyl (C=O) groups is 1. The van der Waals surface area contributed by atoms with Crippen LogP contribution >= 0.6 is 0 Å². The number of hydrogen-bond donors (Lipinski definition) is 1. The van der Waals surface area contributed by atoms with Crippen LogP contribution in [0.1, 0.15) is 113 Å². The number of carboxylic acid groups (broad SMARTS) is 1. The molecular weight excluding hydrogens is 372 g/mol. The number of benzene rings is 1. The van der Waals surface area contributed by atoms with Gasteiger partial charge in [0.05, 0.1) is 12.2 Å². The topological polar surface area (TPSA) is 46.5 Å². The largest absolute Gasteiger partial charge is 0.493 e. The Labute approximate surface area is 182 Å². The predicted molar refractivity (Wildman–Crippen MR) is 121 cm³/mol. The molecule has 0 heterocycles. The quantitative estimate of drug-likeness (QED) is 0.364. The highest BCUT2D eigenvalue weighted by atomic mass is 16.5. The van der Waals surface area contributed by atoms with E-state index in [2.05, 4.69) is 6.92 Å². The van der Waals surface area contributed by atoms with Crippen molar-refractivity contribution < 1.29 is 14.6 Å². The molecule has 0 aromatic heterocycles. The molecule has 166 valence electrons. The molecule has 0 amide bonds. The lowest BCUT2D eigenvalue weighted by Gasteiger charge is -2.57. The average molecular weight is 413 g/mol. The molecule has 4 fully saturated rings. The third kappa shape index (κ3) is 4.86. The van der Waals surface area contributed by atoms with Gasteiger partial charge in [-0.2, -0.15) is 0 Å². The number of rotatable bonds is 12. The first-order chi connectivity index (χ1) is 14.6. The Balaban J connectivity index is 1.38. The van der Waals surface area contributed by atoms with Crippen molar-refractivity contribution in [3.63, 3.8) is 0 Å². The molecule has 1 N–H and O–H groups in total. The van der Waals surface area contributed by atoms with E-state index in [9.17, 15) is 9.90 Å². The van der Waals surface area contributed by atoms with Crippen molar-refractivity contribution >= 4 is 5.97 Å². The number of ether oxygens (including phenoxy) is 1. The maximum Gasteiger partial charge on any atom is 0.335 e. The minimum absolute atomic E-state index is 0.162. The maximum atomic E-state index is 11.7. The lowest BCUT2D eigenvalue weighted by Crippen LogP contribution is -2.48. The highest BCUT2D eigenvalue weighted by Crippen LogP contribution is 2.62. The first kappa shape index (κ1) is 21.7. The van der Waals surface area contributed by atoms with Gasteiger partial charge in [-0.3, -0.25) is 0 Å². The van der Waals surface area contributed by atoms with E-state index >= 15 is 0 Å². The van der Waals surface area contributed by atoms with E-state index in [-0.39, 0.29) is 5.41 Å². The second-order valence-electron chi connectivity index (χ2n) is 10.5. The van der Waals surface area contributed by atoms with Crippen LogP contribution in [0, 0.1) is 17.8 Å². The molecule has 3 nitrogen and oxygen atoms in total. The molecule has 0 spiro atoms. The van der Waals surface area contributed by atoms with E-state index in [1.807, 2.05) is 12.1 Å². The van der Waals surface area contributed by atoms with Crippen molar-refractivity contribution in [1.82, 2.24) is 0 Å². The normalized spacial score (nSPS) is 29.3. The van der Waals surface area contributed by atoms with E-state index in [0.29, 0.717) is 5.56 Å². The van der Waals surface area contributed by atoms with E-state index in [0.717, 1.165) is 36.5 Å². The fourth-order valence-electron chi connectivity index (χ4n) is 7.06. The molecule has 0 radical (unpaired) electrons. The highest BCUT2D eigenvalue weighted by Gasteiger charge is 2.52. The number of hydrogen-bond acceptors (Lipinski definition) is 2. The van der Waals surface area contributed by atoms with Gasteiger partial charge in [0.15, 0.2) is 0 Å². The Morgan fingerprint density at radius 3 is 2.07 bits per heavy atom. The Morgan fingerprint density at radius 2 is 1.50 bits per heavy atom. The molecule has 4 saturated carbocycles. The minimum Gasteiger partial charge on any atom is -0.493 e. The molecule has 0 saturated heterocycles. The van der Waals surface area contributed by atoms with Gasteiger partial charge in [0.2, 0.25) is 0 Å². The highest BCUT2D eigenvalue weighted by molar-refractivity contribution is 5.88. The third-order valence-corrected chi connectivity index (χ3v) is 8.09. The van der Waals surface area contributed by atoms with Crippen LogP contribution < -0.4 is 4.74 Å². The summed E-state index contributed by atoms with van der Waals surface area (Å²) in [6.45, 7) is 3.01. The molecule has 3 heteroatoms. The summed E-state index contributed by atoms with van der Waals surface area (Å²) in [4.78, 5) is 11.7. The van der Waals surface area contributed by atoms with Crippen LogP contribution in [-0.4, -0.2) is 17.7 Å². The fourth-order valence-corrected chi connectivity index (χ4v) is 7.06. The van der Waals surface area contributed by atoms with Crippen LogP contribution in [0.25, 0.3) is 0 Å². The van der Waals surface area contributed by atoms with Gasteiger partial charge in [-0.05, 0) is 86.3 Å². The first-order valence-corrected chi connectivity index (χ1v) is 12.6. The van der Waals surface area contributed by atoms with Crippen LogP contribution in [0.3, 0.4) is 0 Å². The lowest BCUT2D eigenvalue weighted by atomic mass is 9.48. The van der Waals surface area contributed by atoms with Crippen molar-refractivity contribution in [2.24, 2.45) is 17.8 Å². The summed E-state index contributed by atoms with van der Waals surface area (Å²) in [5.74, 6) is 2.65. The number of aromatic carboxylic acids is 1. The molecule has 0 atom stereocenters. The van der Waals surface area contributed by atoms with Gasteiger partial charge in [-0.1, -0.05) is 51.9 Å². The van der Waals surface area contributed by atoms with Crippen molar-refractivity contribution in [3.8, 4) is 5.75 Å². The molecule has 0 unspecified atom stereocenters. The minimum atomic E-state index is -0.824. The molecule has 4 aliphatic carbocycles. The van der Waals surface area contributed by atoms with Crippen LogP contribution in [0.5, 0.6) is 5.75 Å². The number of unbranched alkanes of at least 4 members (excludes halogenated alkanes) is 7. The zero-order valence-electron chi connectivity index (χ0n) is 18.8. The lowest BCUT2D eigenvalue weighted by molar-refractivity contribution is -0.00643. The second-order valence-corrected chi connectivity index (χ2v) is 10.5. The molecule has 4 bridgehead atoms. The van der Waals surface area contributed by atoms with Gasteiger partial charge in [0, 0.05) is 5.56 Å². The zero-order chi connectivity index (χ0) is 21.0. The van der Waals surface area contributed by atoms with Crippen molar-refractivity contribution in [2.75, 3.05) is 6.61 Å². The Bertz CT molecular complexity index is 688. The third-order valence-electron chi connectivity index (χ3n) is 8.09. The van der Waals surface area contributed by atoms with E-state index in [1.165, 1.54) is 89.0 Å². The summed E-state index contributed by atoms with van der Waals surface area (Å²) in [6, 6.07) is 5.63. The van der Waals surface area contributed by atoms with Crippen LogP contribution in [-0.2, 0) is 5.41 Å². The summed E-state index contributed by atoms with van der Waals surface area (Å²) in [5, 5.41) is 9.59. The fraction of sp³-hybridized carbons (Fsp3) is 0.741. The summed E-state index contributed by atoms with van der Waals surface area (Å²) in [7, 11) is 0. The van der Waals surface area contributed by atoms with E-state index < -0.39 is 5.97 Å². The van der Waals surface area contributed by atoms with Crippen molar-refractivity contribution in [3.05, 3.63) is 29.3 Å².